The van der Waals surface area contributed by atoms with Crippen LogP contribution in [0.4, 0.5) is 5.82 Å². The van der Waals surface area contributed by atoms with E-state index in [1.807, 2.05) is 20.8 Å². The number of primary amides is 1. The Kier molecular flexibility index (Phi) is 4.47. The van der Waals surface area contributed by atoms with Crippen LogP contribution in [0.1, 0.15) is 43.2 Å². The van der Waals surface area contributed by atoms with Gasteiger partial charge in [0.1, 0.15) is 5.82 Å². The van der Waals surface area contributed by atoms with Crippen LogP contribution in [0.2, 0.25) is 0 Å². The summed E-state index contributed by atoms with van der Waals surface area (Å²) in [5.41, 5.74) is 11.7. The maximum Gasteiger partial charge on any atom is 0.251 e. The lowest BCUT2D eigenvalue weighted by molar-refractivity contribution is -0.117. The van der Waals surface area contributed by atoms with Gasteiger partial charge < -0.3 is 16.8 Å². The first-order valence-electron chi connectivity index (χ1n) is 6.04. The van der Waals surface area contributed by atoms with Crippen molar-refractivity contribution in [2.75, 3.05) is 12.3 Å². The normalized spacial score (nSPS) is 11.1. The molecule has 1 rings (SSSR count). The number of aromatic nitrogens is 1. The zero-order chi connectivity index (χ0) is 14.6. The summed E-state index contributed by atoms with van der Waals surface area (Å²) in [5.74, 6) is -0.446. The summed E-state index contributed by atoms with van der Waals surface area (Å²) in [6.45, 7) is 6.18. The van der Waals surface area contributed by atoms with Crippen LogP contribution >= 0.6 is 0 Å². The summed E-state index contributed by atoms with van der Waals surface area (Å²) in [6, 6.07) is 3.21. The lowest BCUT2D eigenvalue weighted by Crippen LogP contribution is -2.28. The lowest BCUT2D eigenvalue weighted by atomic mass is 9.90. The van der Waals surface area contributed by atoms with Crippen LogP contribution in [0.15, 0.2) is 12.1 Å². The van der Waals surface area contributed by atoms with Crippen LogP contribution in [0, 0.1) is 0 Å². The monoisotopic (exact) mass is 264 g/mol. The van der Waals surface area contributed by atoms with E-state index in [-0.39, 0.29) is 24.3 Å². The van der Waals surface area contributed by atoms with Crippen molar-refractivity contribution in [3.05, 3.63) is 23.4 Å². The molecule has 1 heterocycles. The van der Waals surface area contributed by atoms with Crippen LogP contribution in [-0.4, -0.2) is 23.3 Å². The Balaban J connectivity index is 2.86. The number of nitrogens with zero attached hydrogens (tertiary/aromatic N) is 1. The topological polar surface area (TPSA) is 111 Å². The van der Waals surface area contributed by atoms with Crippen molar-refractivity contribution in [1.29, 1.82) is 0 Å². The third-order valence-electron chi connectivity index (χ3n) is 2.53. The van der Waals surface area contributed by atoms with Gasteiger partial charge in [-0.2, -0.15) is 0 Å². The summed E-state index contributed by atoms with van der Waals surface area (Å²) in [6.07, 6.45) is 0.110. The van der Waals surface area contributed by atoms with E-state index in [0.717, 1.165) is 5.69 Å². The van der Waals surface area contributed by atoms with E-state index < -0.39 is 5.91 Å². The average molecular weight is 264 g/mol. The lowest BCUT2D eigenvalue weighted by Gasteiger charge is -2.19. The molecule has 6 heteroatoms. The van der Waals surface area contributed by atoms with Gasteiger partial charge in [0.25, 0.3) is 5.91 Å². The maximum absolute atomic E-state index is 11.9. The predicted octanol–water partition coefficient (Wildman–Crippen LogP) is 0.567. The molecule has 0 aliphatic rings. The van der Waals surface area contributed by atoms with E-state index in [1.165, 1.54) is 6.07 Å². The molecule has 1 aromatic heterocycles. The highest BCUT2D eigenvalue weighted by atomic mass is 16.2. The number of nitrogen functional groups attached to an aromatic ring is 1. The molecule has 0 atom stereocenters. The standard InChI is InChI=1S/C13H20N4O2/c1-13(2,3)9-6-8(7-10(14)17-9)12(19)16-5-4-11(15)18/h6-7H,4-5H2,1-3H3,(H2,14,17)(H2,15,18)(H,16,19). The highest BCUT2D eigenvalue weighted by molar-refractivity contribution is 5.95. The molecule has 0 bridgehead atoms. The van der Waals surface area contributed by atoms with Crippen molar-refractivity contribution in [2.45, 2.75) is 32.6 Å². The quantitative estimate of drug-likeness (QED) is 0.738. The van der Waals surface area contributed by atoms with Gasteiger partial charge >= 0.3 is 0 Å². The first kappa shape index (κ1) is 14.9. The maximum atomic E-state index is 11.9. The molecule has 6 nitrogen and oxygen atoms in total. The predicted molar refractivity (Wildman–Crippen MR) is 73.5 cm³/mol. The summed E-state index contributed by atoms with van der Waals surface area (Å²) < 4.78 is 0. The molecular formula is C13H20N4O2. The molecule has 0 fully saturated rings. The summed E-state index contributed by atoms with van der Waals surface area (Å²) in [5, 5.41) is 2.61. The van der Waals surface area contributed by atoms with Crippen molar-refractivity contribution < 1.29 is 9.59 Å². The van der Waals surface area contributed by atoms with Crippen molar-refractivity contribution >= 4 is 17.6 Å². The van der Waals surface area contributed by atoms with Crippen molar-refractivity contribution in [3.63, 3.8) is 0 Å². The van der Waals surface area contributed by atoms with Crippen LogP contribution in [0.3, 0.4) is 0 Å². The minimum Gasteiger partial charge on any atom is -0.384 e. The molecular weight excluding hydrogens is 244 g/mol. The number of anilines is 1. The second kappa shape index (κ2) is 5.69. The van der Waals surface area contributed by atoms with Gasteiger partial charge in [0.05, 0.1) is 0 Å². The number of nitrogens with one attached hydrogen (secondary N) is 1. The molecule has 104 valence electrons. The van der Waals surface area contributed by atoms with Gasteiger partial charge in [-0.05, 0) is 12.1 Å². The van der Waals surface area contributed by atoms with Crippen LogP contribution in [0.5, 0.6) is 0 Å². The number of hydrogen-bond acceptors (Lipinski definition) is 4. The molecule has 19 heavy (non-hydrogen) atoms. The summed E-state index contributed by atoms with van der Waals surface area (Å²) in [4.78, 5) is 26.7. The van der Waals surface area contributed by atoms with E-state index in [1.54, 1.807) is 6.07 Å². The zero-order valence-corrected chi connectivity index (χ0v) is 11.5. The van der Waals surface area contributed by atoms with E-state index in [2.05, 4.69) is 10.3 Å². The third kappa shape index (κ3) is 4.57. The first-order chi connectivity index (χ1) is 8.70. The number of rotatable bonds is 4. The Morgan fingerprint density at radius 3 is 2.47 bits per heavy atom. The van der Waals surface area contributed by atoms with Crippen LogP contribution in [-0.2, 0) is 10.2 Å². The molecule has 0 saturated carbocycles. The minimum absolute atomic E-state index is 0.110. The fourth-order valence-electron chi connectivity index (χ4n) is 1.47. The molecule has 1 aromatic rings. The number of nitrogens with two attached hydrogens (primary N) is 2. The van der Waals surface area contributed by atoms with E-state index >= 15 is 0 Å². The van der Waals surface area contributed by atoms with Crippen molar-refractivity contribution in [3.8, 4) is 0 Å². The van der Waals surface area contributed by atoms with Gasteiger partial charge in [-0.1, -0.05) is 20.8 Å². The van der Waals surface area contributed by atoms with Crippen LogP contribution in [0.25, 0.3) is 0 Å². The molecule has 5 N–H and O–H groups in total. The van der Waals surface area contributed by atoms with E-state index in [0.29, 0.717) is 11.4 Å². The average Bonchev–Trinajstić information content (AvgIpc) is 2.26. The smallest absolute Gasteiger partial charge is 0.251 e. The Morgan fingerprint density at radius 2 is 1.95 bits per heavy atom. The van der Waals surface area contributed by atoms with Gasteiger partial charge in [0, 0.05) is 29.6 Å². The van der Waals surface area contributed by atoms with Gasteiger partial charge in [-0.3, -0.25) is 9.59 Å². The summed E-state index contributed by atoms with van der Waals surface area (Å²) >= 11 is 0. The fourth-order valence-corrected chi connectivity index (χ4v) is 1.47. The zero-order valence-electron chi connectivity index (χ0n) is 11.5. The number of pyridine rings is 1. The molecule has 0 radical (unpaired) electrons. The molecule has 0 spiro atoms. The van der Waals surface area contributed by atoms with Gasteiger partial charge in [0.15, 0.2) is 0 Å². The molecule has 0 aliphatic carbocycles. The fraction of sp³-hybridized carbons (Fsp3) is 0.462. The number of amides is 2. The van der Waals surface area contributed by atoms with Gasteiger partial charge in [-0.25, -0.2) is 4.98 Å². The number of hydrogen-bond donors (Lipinski definition) is 3. The molecule has 2 amide bonds. The van der Waals surface area contributed by atoms with E-state index in [4.69, 9.17) is 11.5 Å². The molecule has 0 aromatic carbocycles. The van der Waals surface area contributed by atoms with Crippen molar-refractivity contribution in [2.24, 2.45) is 5.73 Å². The Bertz CT molecular complexity index is 492. The number of carbonyl (C=O) groups is 2. The largest absolute Gasteiger partial charge is 0.384 e. The molecule has 0 saturated heterocycles. The van der Waals surface area contributed by atoms with Gasteiger partial charge in [-0.15, -0.1) is 0 Å². The van der Waals surface area contributed by atoms with Gasteiger partial charge in [0.2, 0.25) is 5.91 Å². The molecule has 0 aliphatic heterocycles. The Morgan fingerprint density at radius 1 is 1.32 bits per heavy atom. The van der Waals surface area contributed by atoms with Crippen LogP contribution < -0.4 is 16.8 Å². The summed E-state index contributed by atoms with van der Waals surface area (Å²) in [7, 11) is 0. The number of carbonyl (C=O) groups excluding carboxylic acids is 2. The molecule has 0 unspecified atom stereocenters. The van der Waals surface area contributed by atoms with Crippen molar-refractivity contribution in [1.82, 2.24) is 10.3 Å². The second-order valence-corrected chi connectivity index (χ2v) is 5.39. The minimum atomic E-state index is -0.454. The first-order valence-corrected chi connectivity index (χ1v) is 6.04. The second-order valence-electron chi connectivity index (χ2n) is 5.39. The Labute approximate surface area is 112 Å². The third-order valence-corrected chi connectivity index (χ3v) is 2.53. The SMILES string of the molecule is CC(C)(C)c1cc(C(=O)NCCC(N)=O)cc(N)n1. The highest BCUT2D eigenvalue weighted by Crippen LogP contribution is 2.22. The Hall–Kier alpha value is -2.11. The highest BCUT2D eigenvalue weighted by Gasteiger charge is 2.18. The van der Waals surface area contributed by atoms with E-state index in [9.17, 15) is 9.59 Å².